The maximum absolute atomic E-state index is 6.00. The third kappa shape index (κ3) is 4.69. The van der Waals surface area contributed by atoms with Crippen molar-refractivity contribution in [1.82, 2.24) is 5.32 Å². The largest absolute Gasteiger partial charge is 0.314 e. The van der Waals surface area contributed by atoms with Gasteiger partial charge in [-0.1, -0.05) is 43.0 Å². The highest BCUT2D eigenvalue weighted by Gasteiger charge is 2.10. The van der Waals surface area contributed by atoms with E-state index in [0.717, 1.165) is 11.4 Å². The molecule has 1 atom stereocenters. The lowest BCUT2D eigenvalue weighted by Gasteiger charge is -2.21. The second kappa shape index (κ2) is 7.03. The molecule has 1 aromatic carbocycles. The summed E-state index contributed by atoms with van der Waals surface area (Å²) in [6.07, 6.45) is 9.24. The molecule has 94 valence electrons. The first-order valence-electron chi connectivity index (χ1n) is 6.82. The Morgan fingerprint density at radius 2 is 2.06 bits per heavy atom. The molecule has 0 aliphatic carbocycles. The quantitative estimate of drug-likeness (QED) is 0.849. The van der Waals surface area contributed by atoms with Crippen LogP contribution in [0.1, 0.15) is 44.1 Å². The predicted molar refractivity (Wildman–Crippen MR) is 74.6 cm³/mol. The lowest BCUT2D eigenvalue weighted by Crippen LogP contribution is -2.31. The number of benzene rings is 1. The SMILES string of the molecule is Clc1cccc(CCC2CCCCCCN2)c1. The van der Waals surface area contributed by atoms with Crippen LogP contribution in [0.2, 0.25) is 5.02 Å². The van der Waals surface area contributed by atoms with Crippen molar-refractivity contribution in [2.75, 3.05) is 6.54 Å². The maximum atomic E-state index is 6.00. The fourth-order valence-electron chi connectivity index (χ4n) is 2.56. The number of hydrogen-bond acceptors (Lipinski definition) is 1. The van der Waals surface area contributed by atoms with Crippen molar-refractivity contribution in [2.24, 2.45) is 0 Å². The molecular formula is C15H22ClN. The summed E-state index contributed by atoms with van der Waals surface area (Å²) in [4.78, 5) is 0. The van der Waals surface area contributed by atoms with Crippen molar-refractivity contribution in [2.45, 2.75) is 51.0 Å². The van der Waals surface area contributed by atoms with E-state index in [1.54, 1.807) is 0 Å². The number of nitrogens with one attached hydrogen (secondary N) is 1. The molecule has 2 rings (SSSR count). The third-order valence-corrected chi connectivity index (χ3v) is 3.82. The average molecular weight is 252 g/mol. The monoisotopic (exact) mass is 251 g/mol. The fraction of sp³-hybridized carbons (Fsp3) is 0.600. The van der Waals surface area contributed by atoms with Gasteiger partial charge in [0, 0.05) is 11.1 Å². The van der Waals surface area contributed by atoms with Gasteiger partial charge in [0.2, 0.25) is 0 Å². The zero-order valence-corrected chi connectivity index (χ0v) is 11.2. The van der Waals surface area contributed by atoms with Crippen LogP contribution in [-0.4, -0.2) is 12.6 Å². The first-order valence-corrected chi connectivity index (χ1v) is 7.20. The Morgan fingerprint density at radius 3 is 2.94 bits per heavy atom. The highest BCUT2D eigenvalue weighted by Crippen LogP contribution is 2.16. The van der Waals surface area contributed by atoms with Crippen LogP contribution in [0.5, 0.6) is 0 Å². The Hall–Kier alpha value is -0.530. The molecule has 1 heterocycles. The first-order chi connectivity index (χ1) is 8.34. The van der Waals surface area contributed by atoms with Crippen LogP contribution < -0.4 is 5.32 Å². The van der Waals surface area contributed by atoms with Gasteiger partial charge in [0.05, 0.1) is 0 Å². The molecule has 17 heavy (non-hydrogen) atoms. The van der Waals surface area contributed by atoms with Crippen LogP contribution in [0.3, 0.4) is 0 Å². The van der Waals surface area contributed by atoms with E-state index in [9.17, 15) is 0 Å². The summed E-state index contributed by atoms with van der Waals surface area (Å²) in [7, 11) is 0. The molecule has 1 unspecified atom stereocenters. The summed E-state index contributed by atoms with van der Waals surface area (Å²) in [5.74, 6) is 0. The molecule has 1 aromatic rings. The summed E-state index contributed by atoms with van der Waals surface area (Å²) in [6.45, 7) is 1.19. The van der Waals surface area contributed by atoms with Crippen molar-refractivity contribution >= 4 is 11.6 Å². The molecule has 0 bridgehead atoms. The molecule has 1 saturated heterocycles. The number of rotatable bonds is 3. The topological polar surface area (TPSA) is 12.0 Å². The lowest BCUT2D eigenvalue weighted by atomic mass is 9.98. The predicted octanol–water partition coefficient (Wildman–Crippen LogP) is 4.19. The van der Waals surface area contributed by atoms with E-state index in [-0.39, 0.29) is 0 Å². The second-order valence-corrected chi connectivity index (χ2v) is 5.46. The van der Waals surface area contributed by atoms with Crippen molar-refractivity contribution in [3.63, 3.8) is 0 Å². The molecule has 0 radical (unpaired) electrons. The van der Waals surface area contributed by atoms with Crippen molar-refractivity contribution < 1.29 is 0 Å². The Labute approximate surface area is 110 Å². The van der Waals surface area contributed by atoms with Crippen molar-refractivity contribution in [3.8, 4) is 0 Å². The fourth-order valence-corrected chi connectivity index (χ4v) is 2.77. The molecule has 2 heteroatoms. The standard InChI is InChI=1S/C15H22ClN/c16-14-7-5-6-13(12-14)9-10-15-8-3-1-2-4-11-17-15/h5-7,12,15,17H,1-4,8-11H2. The van der Waals surface area contributed by atoms with Gasteiger partial charge in [-0.3, -0.25) is 0 Å². The Balaban J connectivity index is 1.79. The van der Waals surface area contributed by atoms with Gasteiger partial charge in [-0.15, -0.1) is 0 Å². The van der Waals surface area contributed by atoms with Crippen LogP contribution in [0.15, 0.2) is 24.3 Å². The van der Waals surface area contributed by atoms with E-state index in [0.29, 0.717) is 6.04 Å². The van der Waals surface area contributed by atoms with E-state index in [4.69, 9.17) is 11.6 Å². The van der Waals surface area contributed by atoms with Crippen LogP contribution in [0.25, 0.3) is 0 Å². The molecule has 1 aliphatic heterocycles. The normalized spacial score (nSPS) is 21.8. The average Bonchev–Trinajstić information content (AvgIpc) is 2.27. The molecule has 0 spiro atoms. The second-order valence-electron chi connectivity index (χ2n) is 5.02. The smallest absolute Gasteiger partial charge is 0.0408 e. The summed E-state index contributed by atoms with van der Waals surface area (Å²) in [6, 6.07) is 8.95. The summed E-state index contributed by atoms with van der Waals surface area (Å²) >= 11 is 6.00. The van der Waals surface area contributed by atoms with E-state index in [1.807, 2.05) is 12.1 Å². The Kier molecular flexibility index (Phi) is 5.34. The molecule has 0 saturated carbocycles. The van der Waals surface area contributed by atoms with Crippen molar-refractivity contribution in [1.29, 1.82) is 0 Å². The summed E-state index contributed by atoms with van der Waals surface area (Å²) in [5.41, 5.74) is 1.36. The molecule has 1 fully saturated rings. The first kappa shape index (κ1) is 12.9. The van der Waals surface area contributed by atoms with E-state index in [1.165, 1.54) is 50.6 Å². The molecule has 1 N–H and O–H groups in total. The van der Waals surface area contributed by atoms with Crippen LogP contribution in [-0.2, 0) is 6.42 Å². The number of aryl methyl sites for hydroxylation is 1. The van der Waals surface area contributed by atoms with Gasteiger partial charge in [0.25, 0.3) is 0 Å². The minimum Gasteiger partial charge on any atom is -0.314 e. The number of hydrogen-bond donors (Lipinski definition) is 1. The number of halogens is 1. The third-order valence-electron chi connectivity index (χ3n) is 3.58. The minimum absolute atomic E-state index is 0.703. The van der Waals surface area contributed by atoms with Crippen LogP contribution in [0, 0.1) is 0 Å². The van der Waals surface area contributed by atoms with Gasteiger partial charge in [-0.25, -0.2) is 0 Å². The van der Waals surface area contributed by atoms with Gasteiger partial charge in [0.15, 0.2) is 0 Å². The van der Waals surface area contributed by atoms with Gasteiger partial charge in [0.1, 0.15) is 0 Å². The molecule has 1 aliphatic rings. The molecule has 0 amide bonds. The highest BCUT2D eigenvalue weighted by molar-refractivity contribution is 6.30. The molecule has 0 aromatic heterocycles. The summed E-state index contributed by atoms with van der Waals surface area (Å²) < 4.78 is 0. The summed E-state index contributed by atoms with van der Waals surface area (Å²) in [5, 5.41) is 4.53. The highest BCUT2D eigenvalue weighted by atomic mass is 35.5. The van der Waals surface area contributed by atoms with Gasteiger partial charge < -0.3 is 5.32 Å². The minimum atomic E-state index is 0.703. The van der Waals surface area contributed by atoms with E-state index < -0.39 is 0 Å². The molecule has 1 nitrogen and oxygen atoms in total. The zero-order chi connectivity index (χ0) is 11.9. The van der Waals surface area contributed by atoms with Gasteiger partial charge >= 0.3 is 0 Å². The zero-order valence-electron chi connectivity index (χ0n) is 10.4. The molecular weight excluding hydrogens is 230 g/mol. The van der Waals surface area contributed by atoms with E-state index >= 15 is 0 Å². The van der Waals surface area contributed by atoms with Crippen LogP contribution >= 0.6 is 11.6 Å². The lowest BCUT2D eigenvalue weighted by molar-refractivity contribution is 0.399. The van der Waals surface area contributed by atoms with E-state index in [2.05, 4.69) is 17.4 Å². The van der Waals surface area contributed by atoms with Crippen molar-refractivity contribution in [3.05, 3.63) is 34.9 Å². The van der Waals surface area contributed by atoms with Gasteiger partial charge in [-0.05, 0) is 49.9 Å². The Bertz CT molecular complexity index is 329. The Morgan fingerprint density at radius 1 is 1.18 bits per heavy atom. The van der Waals surface area contributed by atoms with Gasteiger partial charge in [-0.2, -0.15) is 0 Å². The van der Waals surface area contributed by atoms with Crippen LogP contribution in [0.4, 0.5) is 0 Å². The maximum Gasteiger partial charge on any atom is 0.0408 e.